The molecule has 1 aromatic heterocycles. The number of pyridine rings is 1. The molecule has 104 valence electrons. The highest BCUT2D eigenvalue weighted by Gasteiger charge is 2.19. The predicted octanol–water partition coefficient (Wildman–Crippen LogP) is 3.43. The molecule has 0 bridgehead atoms. The van der Waals surface area contributed by atoms with E-state index in [-0.39, 0.29) is 17.0 Å². The number of nitrogens with zero attached hydrogens (tertiary/aromatic N) is 1. The molecule has 0 radical (unpaired) electrons. The van der Waals surface area contributed by atoms with E-state index in [0.29, 0.717) is 6.42 Å². The van der Waals surface area contributed by atoms with Gasteiger partial charge in [-0.2, -0.15) is 0 Å². The van der Waals surface area contributed by atoms with Gasteiger partial charge in [0.15, 0.2) is 0 Å². The Morgan fingerprint density at radius 2 is 1.75 bits per heavy atom. The molecule has 20 heavy (non-hydrogen) atoms. The Kier molecular flexibility index (Phi) is 3.74. The second kappa shape index (κ2) is 5.32. The fourth-order valence-electron chi connectivity index (χ4n) is 1.82. The first-order chi connectivity index (χ1) is 9.43. The largest absolute Gasteiger partial charge is 0.477 e. The van der Waals surface area contributed by atoms with E-state index < -0.39 is 29.0 Å². The van der Waals surface area contributed by atoms with Crippen molar-refractivity contribution < 1.29 is 23.1 Å². The van der Waals surface area contributed by atoms with Crippen LogP contribution in [0.15, 0.2) is 24.3 Å². The molecule has 2 aromatic rings. The number of carboxylic acid groups (broad SMARTS) is 1. The lowest BCUT2D eigenvalue weighted by molar-refractivity contribution is 0.0686. The monoisotopic (exact) mass is 281 g/mol. The first-order valence-corrected chi connectivity index (χ1v) is 5.82. The fraction of sp³-hybridized carbons (Fsp3) is 0.143. The van der Waals surface area contributed by atoms with Gasteiger partial charge in [-0.3, -0.25) is 0 Å². The predicted molar refractivity (Wildman–Crippen MR) is 65.9 cm³/mol. The van der Waals surface area contributed by atoms with Crippen LogP contribution >= 0.6 is 0 Å². The number of benzene rings is 1. The van der Waals surface area contributed by atoms with Crippen LogP contribution in [0.5, 0.6) is 0 Å². The standard InChI is InChI=1S/C14H10F3NO2/c1-2-11-8(15)3-4-12(18-11)7-5-9(16)13(14(19)20)10(17)6-7/h3-6H,2H2,1H3,(H,19,20). The topological polar surface area (TPSA) is 50.2 Å². The minimum absolute atomic E-state index is 0.0553. The SMILES string of the molecule is CCc1nc(-c2cc(F)c(C(=O)O)c(F)c2)ccc1F. The lowest BCUT2D eigenvalue weighted by Gasteiger charge is -2.07. The number of hydrogen-bond acceptors (Lipinski definition) is 2. The number of halogens is 3. The molecular formula is C14H10F3NO2. The highest BCUT2D eigenvalue weighted by atomic mass is 19.1. The van der Waals surface area contributed by atoms with Crippen LogP contribution in [-0.2, 0) is 6.42 Å². The van der Waals surface area contributed by atoms with E-state index >= 15 is 0 Å². The Hall–Kier alpha value is -2.37. The summed E-state index contributed by atoms with van der Waals surface area (Å²) in [6, 6.07) is 4.17. The van der Waals surface area contributed by atoms with Crippen molar-refractivity contribution in [3.63, 3.8) is 0 Å². The third-order valence-corrected chi connectivity index (χ3v) is 2.81. The summed E-state index contributed by atoms with van der Waals surface area (Å²) >= 11 is 0. The van der Waals surface area contributed by atoms with E-state index in [0.717, 1.165) is 18.2 Å². The van der Waals surface area contributed by atoms with Crippen molar-refractivity contribution in [2.45, 2.75) is 13.3 Å². The maximum Gasteiger partial charge on any atom is 0.341 e. The Morgan fingerprint density at radius 3 is 2.25 bits per heavy atom. The average Bonchev–Trinajstić information content (AvgIpc) is 2.37. The van der Waals surface area contributed by atoms with Gasteiger partial charge in [0.1, 0.15) is 23.0 Å². The summed E-state index contributed by atoms with van der Waals surface area (Å²) in [5, 5.41) is 8.68. The summed E-state index contributed by atoms with van der Waals surface area (Å²) in [4.78, 5) is 14.7. The zero-order valence-electron chi connectivity index (χ0n) is 10.5. The molecule has 1 N–H and O–H groups in total. The molecule has 0 unspecified atom stereocenters. The van der Waals surface area contributed by atoms with E-state index in [9.17, 15) is 18.0 Å². The summed E-state index contributed by atoms with van der Waals surface area (Å²) in [5.74, 6) is -4.58. The zero-order valence-corrected chi connectivity index (χ0v) is 10.5. The Labute approximate surface area is 112 Å². The molecule has 0 aliphatic heterocycles. The molecule has 1 heterocycles. The van der Waals surface area contributed by atoms with E-state index in [1.807, 2.05) is 0 Å². The molecule has 0 spiro atoms. The van der Waals surface area contributed by atoms with Crippen molar-refractivity contribution in [2.75, 3.05) is 0 Å². The second-order valence-corrected chi connectivity index (χ2v) is 4.10. The maximum absolute atomic E-state index is 13.6. The number of carbonyl (C=O) groups is 1. The number of carboxylic acids is 1. The Morgan fingerprint density at radius 1 is 1.15 bits per heavy atom. The number of aromatic carboxylic acids is 1. The van der Waals surface area contributed by atoms with Gasteiger partial charge in [-0.15, -0.1) is 0 Å². The van der Waals surface area contributed by atoms with E-state index in [4.69, 9.17) is 5.11 Å². The maximum atomic E-state index is 13.6. The average molecular weight is 281 g/mol. The number of hydrogen-bond donors (Lipinski definition) is 1. The number of aryl methyl sites for hydroxylation is 1. The van der Waals surface area contributed by atoms with E-state index in [2.05, 4.69) is 4.98 Å². The van der Waals surface area contributed by atoms with Gasteiger partial charge in [-0.05, 0) is 30.7 Å². The first kappa shape index (κ1) is 14.0. The lowest BCUT2D eigenvalue weighted by Crippen LogP contribution is -2.05. The molecule has 0 fully saturated rings. The zero-order chi connectivity index (χ0) is 14.9. The van der Waals surface area contributed by atoms with Crippen LogP contribution in [0.3, 0.4) is 0 Å². The molecule has 0 saturated heterocycles. The van der Waals surface area contributed by atoms with Gasteiger partial charge in [0.25, 0.3) is 0 Å². The van der Waals surface area contributed by atoms with Crippen LogP contribution in [0, 0.1) is 17.5 Å². The molecule has 6 heteroatoms. The third kappa shape index (κ3) is 2.49. The fourth-order valence-corrected chi connectivity index (χ4v) is 1.82. The molecule has 0 atom stereocenters. The summed E-state index contributed by atoms with van der Waals surface area (Å²) < 4.78 is 40.5. The van der Waals surface area contributed by atoms with Crippen LogP contribution in [0.1, 0.15) is 23.0 Å². The normalized spacial score (nSPS) is 10.6. The van der Waals surface area contributed by atoms with Gasteiger partial charge < -0.3 is 5.11 Å². The highest BCUT2D eigenvalue weighted by Crippen LogP contribution is 2.24. The first-order valence-electron chi connectivity index (χ1n) is 5.82. The molecule has 2 rings (SSSR count). The van der Waals surface area contributed by atoms with Crippen LogP contribution in [0.4, 0.5) is 13.2 Å². The molecule has 0 amide bonds. The smallest absolute Gasteiger partial charge is 0.341 e. The molecular weight excluding hydrogens is 271 g/mol. The molecule has 3 nitrogen and oxygen atoms in total. The van der Waals surface area contributed by atoms with Crippen molar-refractivity contribution in [1.82, 2.24) is 4.98 Å². The van der Waals surface area contributed by atoms with Crippen LogP contribution in [-0.4, -0.2) is 16.1 Å². The van der Waals surface area contributed by atoms with Gasteiger partial charge >= 0.3 is 5.97 Å². The van der Waals surface area contributed by atoms with Crippen molar-refractivity contribution >= 4 is 5.97 Å². The van der Waals surface area contributed by atoms with Gasteiger partial charge in [-0.25, -0.2) is 22.9 Å². The Bertz CT molecular complexity index is 663. The highest BCUT2D eigenvalue weighted by molar-refractivity contribution is 5.89. The quantitative estimate of drug-likeness (QED) is 0.937. The van der Waals surface area contributed by atoms with Crippen LogP contribution in [0.25, 0.3) is 11.3 Å². The lowest BCUT2D eigenvalue weighted by atomic mass is 10.1. The van der Waals surface area contributed by atoms with Gasteiger partial charge in [-0.1, -0.05) is 6.92 Å². The van der Waals surface area contributed by atoms with Gasteiger partial charge in [0.2, 0.25) is 0 Å². The summed E-state index contributed by atoms with van der Waals surface area (Å²) in [6.45, 7) is 1.70. The Balaban J connectivity index is 2.57. The van der Waals surface area contributed by atoms with Crippen molar-refractivity contribution in [3.05, 3.63) is 53.0 Å². The van der Waals surface area contributed by atoms with E-state index in [1.165, 1.54) is 6.07 Å². The third-order valence-electron chi connectivity index (χ3n) is 2.81. The van der Waals surface area contributed by atoms with Crippen LogP contribution in [0.2, 0.25) is 0 Å². The van der Waals surface area contributed by atoms with Gasteiger partial charge in [0.05, 0.1) is 11.4 Å². The molecule has 0 saturated carbocycles. The molecule has 0 aliphatic carbocycles. The number of aromatic nitrogens is 1. The summed E-state index contributed by atoms with van der Waals surface area (Å²) in [7, 11) is 0. The van der Waals surface area contributed by atoms with Crippen molar-refractivity contribution in [3.8, 4) is 11.3 Å². The van der Waals surface area contributed by atoms with E-state index in [1.54, 1.807) is 6.92 Å². The molecule has 0 aliphatic rings. The summed E-state index contributed by atoms with van der Waals surface area (Å²) in [5.41, 5.74) is -0.616. The number of rotatable bonds is 3. The summed E-state index contributed by atoms with van der Waals surface area (Å²) in [6.07, 6.45) is 0.331. The minimum Gasteiger partial charge on any atom is -0.477 e. The molecule has 1 aromatic carbocycles. The van der Waals surface area contributed by atoms with Crippen molar-refractivity contribution in [2.24, 2.45) is 0 Å². The van der Waals surface area contributed by atoms with Crippen LogP contribution < -0.4 is 0 Å². The second-order valence-electron chi connectivity index (χ2n) is 4.10. The minimum atomic E-state index is -1.69. The van der Waals surface area contributed by atoms with Gasteiger partial charge in [0, 0.05) is 5.56 Å². The van der Waals surface area contributed by atoms with Crippen molar-refractivity contribution in [1.29, 1.82) is 0 Å².